The van der Waals surface area contributed by atoms with E-state index in [-0.39, 0.29) is 11.7 Å². The molecular formula is C24H32O9. The van der Waals surface area contributed by atoms with Crippen molar-refractivity contribution in [1.29, 1.82) is 0 Å². The van der Waals surface area contributed by atoms with Gasteiger partial charge in [0.1, 0.15) is 24.1 Å². The maximum atomic E-state index is 11.4. The fourth-order valence-corrected chi connectivity index (χ4v) is 7.00. The third-order valence-corrected chi connectivity index (χ3v) is 8.78. The molecule has 1 saturated heterocycles. The van der Waals surface area contributed by atoms with Crippen LogP contribution in [0.4, 0.5) is 0 Å². The zero-order chi connectivity index (χ0) is 23.7. The van der Waals surface area contributed by atoms with Crippen molar-refractivity contribution < 1.29 is 44.9 Å². The zero-order valence-electron chi connectivity index (χ0n) is 18.4. The lowest BCUT2D eigenvalue weighted by atomic mass is 9.55. The first-order chi connectivity index (χ1) is 15.6. The number of fused-ring (bicyclic) bond motifs is 5. The van der Waals surface area contributed by atoms with Gasteiger partial charge >= 0.3 is 5.97 Å². The van der Waals surface area contributed by atoms with Gasteiger partial charge in [0.2, 0.25) is 0 Å². The third-order valence-electron chi connectivity index (χ3n) is 8.78. The van der Waals surface area contributed by atoms with Crippen LogP contribution in [0.25, 0.3) is 0 Å². The Morgan fingerprint density at radius 2 is 1.88 bits per heavy atom. The quantitative estimate of drug-likeness (QED) is 0.375. The average molecular weight is 465 g/mol. The maximum Gasteiger partial charge on any atom is 0.335 e. The van der Waals surface area contributed by atoms with E-state index in [1.807, 2.05) is 12.1 Å². The number of aliphatic hydroxyl groups is 4. The molecule has 0 radical (unpaired) electrons. The van der Waals surface area contributed by atoms with Crippen LogP contribution in [-0.2, 0) is 20.7 Å². The standard InChI is InChI=1S/C24H32O9/c1-24-7-6-13-12-5-3-11(25)8-10(12)2-4-14(13)15(24)9-16(21(24)29)32-23-19(28)17(26)18(27)20(33-23)22(30)31/h3,5,8,13-21,23,25-29H,2,4,6-7,9H2,1H3,(H,30,31)/t13-,14-,15-,16-,17+,18-,19+,20+,21-,23-,24-/m0/s1. The van der Waals surface area contributed by atoms with Crippen LogP contribution in [0.2, 0.25) is 0 Å². The topological polar surface area (TPSA) is 157 Å². The number of aliphatic hydroxyl groups excluding tert-OH is 4. The van der Waals surface area contributed by atoms with Crippen molar-refractivity contribution in [2.24, 2.45) is 17.3 Å². The van der Waals surface area contributed by atoms with Gasteiger partial charge in [0.05, 0.1) is 12.2 Å². The Morgan fingerprint density at radius 1 is 1.12 bits per heavy atom. The van der Waals surface area contributed by atoms with E-state index in [4.69, 9.17) is 9.47 Å². The Balaban J connectivity index is 1.36. The van der Waals surface area contributed by atoms with Crippen LogP contribution in [0.15, 0.2) is 18.2 Å². The molecular weight excluding hydrogens is 432 g/mol. The summed E-state index contributed by atoms with van der Waals surface area (Å²) in [4.78, 5) is 11.4. The van der Waals surface area contributed by atoms with Crippen LogP contribution >= 0.6 is 0 Å². The lowest BCUT2D eigenvalue weighted by molar-refractivity contribution is -0.309. The van der Waals surface area contributed by atoms with Crippen LogP contribution < -0.4 is 0 Å². The minimum Gasteiger partial charge on any atom is -0.508 e. The van der Waals surface area contributed by atoms with Gasteiger partial charge in [-0.2, -0.15) is 0 Å². The molecule has 5 rings (SSSR count). The Bertz CT molecular complexity index is 921. The predicted octanol–water partition coefficient (Wildman–Crippen LogP) is 0.496. The molecule has 0 aromatic heterocycles. The number of carbonyl (C=O) groups is 1. The Kier molecular flexibility index (Phi) is 5.70. The minimum atomic E-state index is -1.78. The highest BCUT2D eigenvalue weighted by atomic mass is 16.7. The molecule has 9 nitrogen and oxygen atoms in total. The summed E-state index contributed by atoms with van der Waals surface area (Å²) in [6, 6.07) is 5.58. The molecule has 0 spiro atoms. The van der Waals surface area contributed by atoms with Gasteiger partial charge < -0.3 is 40.1 Å². The first-order valence-electron chi connectivity index (χ1n) is 11.7. The number of ether oxygens (including phenoxy) is 2. The highest BCUT2D eigenvalue weighted by molar-refractivity contribution is 5.73. The van der Waals surface area contributed by atoms with Crippen molar-refractivity contribution in [3.63, 3.8) is 0 Å². The number of aromatic hydroxyl groups is 1. The second-order valence-electron chi connectivity index (χ2n) is 10.4. The van der Waals surface area contributed by atoms with Crippen LogP contribution in [0.5, 0.6) is 5.75 Å². The molecule has 0 bridgehead atoms. The van der Waals surface area contributed by atoms with E-state index in [0.717, 1.165) is 25.7 Å². The van der Waals surface area contributed by atoms with Crippen molar-refractivity contribution in [3.8, 4) is 5.75 Å². The highest BCUT2D eigenvalue weighted by Gasteiger charge is 2.59. The SMILES string of the molecule is C[C@]12CC[C@H]3c4ccc(O)cc4CC[C@@H]3[C@@H]1C[C@H](O[C@H]1O[C@@H](C(=O)O)[C@@H](O)[C@@H](O)[C@H]1O)[C@@H]2O. The second-order valence-corrected chi connectivity index (χ2v) is 10.4. The molecule has 0 unspecified atom stereocenters. The molecule has 0 amide bonds. The fourth-order valence-electron chi connectivity index (χ4n) is 7.00. The van der Waals surface area contributed by atoms with E-state index in [1.165, 1.54) is 11.1 Å². The van der Waals surface area contributed by atoms with Gasteiger partial charge in [-0.25, -0.2) is 4.79 Å². The first-order valence-corrected chi connectivity index (χ1v) is 11.7. The van der Waals surface area contributed by atoms with Crippen LogP contribution in [0.3, 0.4) is 0 Å². The van der Waals surface area contributed by atoms with E-state index in [2.05, 4.69) is 6.92 Å². The molecule has 1 aliphatic heterocycles. The summed E-state index contributed by atoms with van der Waals surface area (Å²) in [7, 11) is 0. The second kappa shape index (κ2) is 8.18. The van der Waals surface area contributed by atoms with Crippen molar-refractivity contribution in [3.05, 3.63) is 29.3 Å². The maximum absolute atomic E-state index is 11.4. The molecule has 4 aliphatic rings. The molecule has 3 fully saturated rings. The van der Waals surface area contributed by atoms with E-state index in [1.54, 1.807) is 6.07 Å². The third kappa shape index (κ3) is 3.57. The summed E-state index contributed by atoms with van der Waals surface area (Å²) >= 11 is 0. The van der Waals surface area contributed by atoms with Crippen LogP contribution in [0.1, 0.15) is 49.7 Å². The smallest absolute Gasteiger partial charge is 0.335 e. The predicted molar refractivity (Wildman–Crippen MR) is 113 cm³/mol. The molecule has 182 valence electrons. The number of hydrogen-bond acceptors (Lipinski definition) is 8. The number of carboxylic acids is 1. The van der Waals surface area contributed by atoms with Crippen LogP contribution in [-0.4, -0.2) is 79.5 Å². The van der Waals surface area contributed by atoms with Gasteiger partial charge in [0, 0.05) is 0 Å². The zero-order valence-corrected chi connectivity index (χ0v) is 18.4. The normalized spacial score (nSPS) is 46.8. The monoisotopic (exact) mass is 464 g/mol. The molecule has 1 aromatic rings. The van der Waals surface area contributed by atoms with Crippen molar-refractivity contribution in [2.45, 2.75) is 87.9 Å². The lowest BCUT2D eigenvalue weighted by Gasteiger charge is -2.49. The molecule has 1 aromatic carbocycles. The summed E-state index contributed by atoms with van der Waals surface area (Å²) in [5.41, 5.74) is 2.04. The van der Waals surface area contributed by atoms with Crippen LogP contribution in [0, 0.1) is 17.3 Å². The summed E-state index contributed by atoms with van der Waals surface area (Å²) < 4.78 is 11.2. The summed E-state index contributed by atoms with van der Waals surface area (Å²) in [5, 5.41) is 60.7. The highest BCUT2D eigenvalue weighted by Crippen LogP contribution is 2.61. The van der Waals surface area contributed by atoms with E-state index in [0.29, 0.717) is 18.3 Å². The number of benzene rings is 1. The van der Waals surface area contributed by atoms with Gasteiger partial charge in [-0.1, -0.05) is 13.0 Å². The molecule has 9 heteroatoms. The van der Waals surface area contributed by atoms with Gasteiger partial charge in [-0.3, -0.25) is 0 Å². The summed E-state index contributed by atoms with van der Waals surface area (Å²) in [6.07, 6.45) is -5.89. The van der Waals surface area contributed by atoms with E-state index >= 15 is 0 Å². The molecule has 11 atom stereocenters. The van der Waals surface area contributed by atoms with Gasteiger partial charge in [0.15, 0.2) is 12.4 Å². The minimum absolute atomic E-state index is 0.157. The molecule has 3 aliphatic carbocycles. The summed E-state index contributed by atoms with van der Waals surface area (Å²) in [5.74, 6) is -0.367. The number of aliphatic carboxylic acids is 1. The molecule has 6 N–H and O–H groups in total. The summed E-state index contributed by atoms with van der Waals surface area (Å²) in [6.45, 7) is 2.06. The first kappa shape index (κ1) is 23.0. The van der Waals surface area contributed by atoms with Gasteiger partial charge in [0.25, 0.3) is 0 Å². The number of aryl methyl sites for hydroxylation is 1. The van der Waals surface area contributed by atoms with E-state index < -0.39 is 54.3 Å². The Labute approximate surface area is 191 Å². The number of hydrogen-bond donors (Lipinski definition) is 6. The van der Waals surface area contributed by atoms with Gasteiger partial charge in [-0.15, -0.1) is 0 Å². The largest absolute Gasteiger partial charge is 0.508 e. The average Bonchev–Trinajstić information content (AvgIpc) is 3.03. The van der Waals surface area contributed by atoms with Gasteiger partial charge in [-0.05, 0) is 78.5 Å². The molecule has 2 saturated carbocycles. The van der Waals surface area contributed by atoms with Crippen molar-refractivity contribution >= 4 is 5.97 Å². The van der Waals surface area contributed by atoms with Crippen molar-refractivity contribution in [1.82, 2.24) is 0 Å². The Hall–Kier alpha value is -1.75. The fraction of sp³-hybridized carbons (Fsp3) is 0.708. The molecule has 33 heavy (non-hydrogen) atoms. The molecule has 1 heterocycles. The Morgan fingerprint density at radius 3 is 2.61 bits per heavy atom. The van der Waals surface area contributed by atoms with E-state index in [9.17, 15) is 35.4 Å². The number of phenols is 1. The number of rotatable bonds is 3. The lowest BCUT2D eigenvalue weighted by Crippen LogP contribution is -2.61. The number of carboxylic acid groups (broad SMARTS) is 1. The number of phenolic OH excluding ortho intramolecular Hbond substituents is 1. The van der Waals surface area contributed by atoms with Crippen molar-refractivity contribution in [2.75, 3.05) is 0 Å².